The molecule has 0 saturated heterocycles. The average molecular weight is 202 g/mol. The van der Waals surface area contributed by atoms with Gasteiger partial charge >= 0.3 is 0 Å². The largest absolute Gasteiger partial charge is 0.207 e. The van der Waals surface area contributed by atoms with Gasteiger partial charge in [0, 0.05) is 11.5 Å². The van der Waals surface area contributed by atoms with Crippen molar-refractivity contribution in [2.45, 2.75) is 32.6 Å². The van der Waals surface area contributed by atoms with Gasteiger partial charge in [0.2, 0.25) is 0 Å². The van der Waals surface area contributed by atoms with Crippen LogP contribution in [0.1, 0.15) is 36.8 Å². The summed E-state index contributed by atoms with van der Waals surface area (Å²) < 4.78 is 13.2. The molecule has 0 nitrogen and oxygen atoms in total. The first-order chi connectivity index (χ1) is 7.25. The van der Waals surface area contributed by atoms with Crippen molar-refractivity contribution in [3.05, 3.63) is 35.1 Å². The van der Waals surface area contributed by atoms with E-state index >= 15 is 0 Å². The van der Waals surface area contributed by atoms with Crippen LogP contribution >= 0.6 is 0 Å². The van der Waals surface area contributed by atoms with Gasteiger partial charge in [0.05, 0.1) is 0 Å². The lowest BCUT2D eigenvalue weighted by atomic mass is 10.1. The van der Waals surface area contributed by atoms with Crippen LogP contribution in [0.15, 0.2) is 18.2 Å². The molecule has 1 aromatic carbocycles. The zero-order chi connectivity index (χ0) is 10.7. The minimum atomic E-state index is -0.159. The Bertz CT molecular complexity index is 403. The molecule has 0 heterocycles. The van der Waals surface area contributed by atoms with E-state index in [1.165, 1.54) is 31.7 Å². The Morgan fingerprint density at radius 3 is 2.67 bits per heavy atom. The number of hydrogen-bond acceptors (Lipinski definition) is 0. The van der Waals surface area contributed by atoms with Crippen LogP contribution in [0.25, 0.3) is 0 Å². The predicted molar refractivity (Wildman–Crippen MR) is 60.0 cm³/mol. The van der Waals surface area contributed by atoms with Gasteiger partial charge in [-0.1, -0.05) is 30.7 Å². The Balaban J connectivity index is 2.12. The smallest absolute Gasteiger partial charge is 0.127 e. The molecular formula is C14H15F. The molecule has 1 saturated carbocycles. The van der Waals surface area contributed by atoms with Crippen LogP contribution in [0, 0.1) is 30.5 Å². The van der Waals surface area contributed by atoms with Gasteiger partial charge in [-0.15, -0.1) is 0 Å². The van der Waals surface area contributed by atoms with Crippen LogP contribution in [0.4, 0.5) is 4.39 Å². The summed E-state index contributed by atoms with van der Waals surface area (Å²) in [6.45, 7) is 1.77. The lowest BCUT2D eigenvalue weighted by molar-refractivity contribution is 0.618. The predicted octanol–water partition coefficient (Wildman–Crippen LogP) is 3.68. The van der Waals surface area contributed by atoms with Crippen molar-refractivity contribution in [2.24, 2.45) is 5.92 Å². The Morgan fingerprint density at radius 1 is 1.27 bits per heavy atom. The maximum atomic E-state index is 13.2. The maximum absolute atomic E-state index is 13.2. The van der Waals surface area contributed by atoms with Crippen molar-refractivity contribution in [3.8, 4) is 11.8 Å². The molecule has 0 atom stereocenters. The molecule has 2 rings (SSSR count). The minimum Gasteiger partial charge on any atom is -0.207 e. The van der Waals surface area contributed by atoms with Gasteiger partial charge < -0.3 is 0 Å². The second kappa shape index (κ2) is 4.49. The zero-order valence-electron chi connectivity index (χ0n) is 9.02. The third-order valence-electron chi connectivity index (χ3n) is 2.95. The van der Waals surface area contributed by atoms with E-state index in [1.807, 2.05) is 6.07 Å². The van der Waals surface area contributed by atoms with E-state index < -0.39 is 0 Å². The number of halogens is 1. The molecule has 78 valence electrons. The number of rotatable bonds is 0. The van der Waals surface area contributed by atoms with Gasteiger partial charge in [-0.05, 0) is 37.5 Å². The van der Waals surface area contributed by atoms with Gasteiger partial charge in [-0.3, -0.25) is 0 Å². The maximum Gasteiger partial charge on any atom is 0.127 e. The molecule has 0 N–H and O–H groups in total. The Morgan fingerprint density at radius 2 is 2.00 bits per heavy atom. The topological polar surface area (TPSA) is 0 Å². The molecule has 1 fully saturated rings. The van der Waals surface area contributed by atoms with E-state index in [2.05, 4.69) is 11.8 Å². The summed E-state index contributed by atoms with van der Waals surface area (Å²) in [5.74, 6) is 6.67. The van der Waals surface area contributed by atoms with Crippen LogP contribution in [-0.4, -0.2) is 0 Å². The van der Waals surface area contributed by atoms with Crippen molar-refractivity contribution in [1.29, 1.82) is 0 Å². The fraction of sp³-hybridized carbons (Fsp3) is 0.429. The highest BCUT2D eigenvalue weighted by molar-refractivity contribution is 5.37. The summed E-state index contributed by atoms with van der Waals surface area (Å²) in [5, 5.41) is 0. The molecule has 0 bridgehead atoms. The second-order valence-corrected chi connectivity index (χ2v) is 4.21. The van der Waals surface area contributed by atoms with Crippen molar-refractivity contribution >= 4 is 0 Å². The van der Waals surface area contributed by atoms with Gasteiger partial charge in [0.1, 0.15) is 5.82 Å². The van der Waals surface area contributed by atoms with E-state index in [-0.39, 0.29) is 5.82 Å². The monoisotopic (exact) mass is 202 g/mol. The average Bonchev–Trinajstić information content (AvgIpc) is 2.73. The van der Waals surface area contributed by atoms with E-state index in [0.29, 0.717) is 11.5 Å². The van der Waals surface area contributed by atoms with Crippen molar-refractivity contribution in [1.82, 2.24) is 0 Å². The van der Waals surface area contributed by atoms with Gasteiger partial charge in [-0.25, -0.2) is 4.39 Å². The van der Waals surface area contributed by atoms with Crippen LogP contribution in [-0.2, 0) is 0 Å². The Labute approximate surface area is 90.5 Å². The van der Waals surface area contributed by atoms with Crippen LogP contribution < -0.4 is 0 Å². The van der Waals surface area contributed by atoms with E-state index in [1.54, 1.807) is 13.0 Å². The highest BCUT2D eigenvalue weighted by atomic mass is 19.1. The van der Waals surface area contributed by atoms with E-state index in [4.69, 9.17) is 0 Å². The molecule has 1 heteroatoms. The summed E-state index contributed by atoms with van der Waals surface area (Å²) in [5.41, 5.74) is 1.48. The molecule has 0 aliphatic heterocycles. The zero-order valence-corrected chi connectivity index (χ0v) is 9.02. The molecule has 0 amide bonds. The molecule has 15 heavy (non-hydrogen) atoms. The van der Waals surface area contributed by atoms with Crippen molar-refractivity contribution in [3.63, 3.8) is 0 Å². The highest BCUT2D eigenvalue weighted by Crippen LogP contribution is 2.23. The van der Waals surface area contributed by atoms with Gasteiger partial charge in [0.15, 0.2) is 0 Å². The molecule has 0 unspecified atom stereocenters. The first-order valence-electron chi connectivity index (χ1n) is 5.53. The second-order valence-electron chi connectivity index (χ2n) is 4.21. The number of aryl methyl sites for hydroxylation is 1. The quantitative estimate of drug-likeness (QED) is 0.563. The van der Waals surface area contributed by atoms with Crippen LogP contribution in [0.2, 0.25) is 0 Å². The fourth-order valence-electron chi connectivity index (χ4n) is 1.93. The lowest BCUT2D eigenvalue weighted by Crippen LogP contribution is -1.88. The Hall–Kier alpha value is -1.29. The Kier molecular flexibility index (Phi) is 3.06. The SMILES string of the molecule is Cc1ccc(C#CC2CCCC2)cc1F. The molecule has 0 spiro atoms. The number of benzene rings is 1. The molecule has 0 radical (unpaired) electrons. The summed E-state index contributed by atoms with van der Waals surface area (Å²) in [7, 11) is 0. The summed E-state index contributed by atoms with van der Waals surface area (Å²) in [6.07, 6.45) is 5.01. The summed E-state index contributed by atoms with van der Waals surface area (Å²) in [4.78, 5) is 0. The first-order valence-corrected chi connectivity index (χ1v) is 5.53. The molecular weight excluding hydrogens is 187 g/mol. The highest BCUT2D eigenvalue weighted by Gasteiger charge is 2.11. The number of hydrogen-bond donors (Lipinski definition) is 0. The fourth-order valence-corrected chi connectivity index (χ4v) is 1.93. The lowest BCUT2D eigenvalue weighted by Gasteiger charge is -1.97. The third kappa shape index (κ3) is 2.59. The standard InChI is InChI=1S/C14H15F/c1-11-6-7-13(10-14(11)15)9-8-12-4-2-3-5-12/h6-7,10,12H,2-5H2,1H3. The van der Waals surface area contributed by atoms with E-state index in [0.717, 1.165) is 5.56 Å². The van der Waals surface area contributed by atoms with Crippen LogP contribution in [0.3, 0.4) is 0 Å². The van der Waals surface area contributed by atoms with Crippen molar-refractivity contribution < 1.29 is 4.39 Å². The first kappa shape index (κ1) is 10.2. The third-order valence-corrected chi connectivity index (χ3v) is 2.95. The minimum absolute atomic E-state index is 0.159. The van der Waals surface area contributed by atoms with E-state index in [9.17, 15) is 4.39 Å². The normalized spacial score (nSPS) is 16.1. The summed E-state index contributed by atoms with van der Waals surface area (Å²) >= 11 is 0. The molecule has 1 aliphatic rings. The summed E-state index contributed by atoms with van der Waals surface area (Å²) in [6, 6.07) is 5.20. The molecule has 0 aromatic heterocycles. The van der Waals surface area contributed by atoms with Crippen molar-refractivity contribution in [2.75, 3.05) is 0 Å². The van der Waals surface area contributed by atoms with Gasteiger partial charge in [0.25, 0.3) is 0 Å². The molecule has 1 aliphatic carbocycles. The molecule has 1 aromatic rings. The van der Waals surface area contributed by atoms with Gasteiger partial charge in [-0.2, -0.15) is 0 Å². The van der Waals surface area contributed by atoms with Crippen LogP contribution in [0.5, 0.6) is 0 Å².